The van der Waals surface area contributed by atoms with Gasteiger partial charge in [0.05, 0.1) is 0 Å². The van der Waals surface area contributed by atoms with E-state index < -0.39 is 37.0 Å². The Morgan fingerprint density at radius 2 is 1.57 bits per heavy atom. The van der Waals surface area contributed by atoms with Gasteiger partial charge in [0.1, 0.15) is 31.2 Å². The fourth-order valence-electron chi connectivity index (χ4n) is 2.38. The van der Waals surface area contributed by atoms with Crippen LogP contribution < -0.4 is 0 Å². The minimum Gasteiger partial charge on any atom is -0.387 e. The number of hydrogen-bond donors (Lipinski definition) is 5. The zero-order valence-electron chi connectivity index (χ0n) is 13.6. The van der Waals surface area contributed by atoms with Crippen molar-refractivity contribution in [3.63, 3.8) is 0 Å². The SMILES string of the molecule is CCCCCCCCOCOC(O)[C@H]1OC(O)[C@H](O)[C@@H](O)[C@@H]1O. The van der Waals surface area contributed by atoms with Gasteiger partial charge >= 0.3 is 0 Å². The van der Waals surface area contributed by atoms with Crippen LogP contribution in [0.5, 0.6) is 0 Å². The molecule has 138 valence electrons. The molecule has 0 spiro atoms. The van der Waals surface area contributed by atoms with Crippen LogP contribution in [-0.4, -0.2) is 75.9 Å². The lowest BCUT2D eigenvalue weighted by Gasteiger charge is -2.39. The van der Waals surface area contributed by atoms with Crippen molar-refractivity contribution in [1.29, 1.82) is 0 Å². The Hall–Kier alpha value is -0.320. The molecule has 23 heavy (non-hydrogen) atoms. The van der Waals surface area contributed by atoms with E-state index in [-0.39, 0.29) is 6.79 Å². The molecule has 1 saturated heterocycles. The summed E-state index contributed by atoms with van der Waals surface area (Å²) in [5.41, 5.74) is 0. The third-order valence-electron chi connectivity index (χ3n) is 3.87. The van der Waals surface area contributed by atoms with Gasteiger partial charge < -0.3 is 39.7 Å². The van der Waals surface area contributed by atoms with E-state index in [0.29, 0.717) is 6.61 Å². The Balaban J connectivity index is 2.13. The third kappa shape index (κ3) is 6.98. The summed E-state index contributed by atoms with van der Waals surface area (Å²) in [7, 11) is 0. The second kappa shape index (κ2) is 11.3. The fraction of sp³-hybridized carbons (Fsp3) is 1.00. The highest BCUT2D eigenvalue weighted by Crippen LogP contribution is 2.22. The van der Waals surface area contributed by atoms with Gasteiger partial charge in [0.15, 0.2) is 12.6 Å². The van der Waals surface area contributed by atoms with Gasteiger partial charge in [0.2, 0.25) is 0 Å². The Kier molecular flexibility index (Phi) is 10.2. The van der Waals surface area contributed by atoms with Gasteiger partial charge in [0, 0.05) is 6.61 Å². The Labute approximate surface area is 136 Å². The molecule has 0 radical (unpaired) electrons. The summed E-state index contributed by atoms with van der Waals surface area (Å²) in [6.45, 7) is 2.46. The smallest absolute Gasteiger partial charge is 0.186 e. The lowest BCUT2D eigenvalue weighted by Crippen LogP contribution is -2.61. The molecule has 1 rings (SSSR count). The Morgan fingerprint density at radius 3 is 2.26 bits per heavy atom. The molecular formula is C15H30O8. The minimum atomic E-state index is -1.71. The quantitative estimate of drug-likeness (QED) is 0.251. The monoisotopic (exact) mass is 338 g/mol. The van der Waals surface area contributed by atoms with Gasteiger partial charge in [-0.15, -0.1) is 0 Å². The molecule has 0 aliphatic carbocycles. The van der Waals surface area contributed by atoms with Crippen LogP contribution in [0.2, 0.25) is 0 Å². The van der Waals surface area contributed by atoms with Crippen molar-refractivity contribution >= 4 is 0 Å². The predicted octanol–water partition coefficient (Wildman–Crippen LogP) is -0.544. The van der Waals surface area contributed by atoms with E-state index in [1.54, 1.807) is 0 Å². The first kappa shape index (κ1) is 20.7. The topological polar surface area (TPSA) is 129 Å². The first-order chi connectivity index (χ1) is 11.0. The summed E-state index contributed by atoms with van der Waals surface area (Å²) in [5, 5.41) is 47.7. The molecule has 8 heteroatoms. The lowest BCUT2D eigenvalue weighted by atomic mass is 9.99. The number of aliphatic hydroxyl groups is 5. The van der Waals surface area contributed by atoms with Crippen LogP contribution in [0.1, 0.15) is 45.4 Å². The molecule has 5 N–H and O–H groups in total. The molecule has 1 heterocycles. The van der Waals surface area contributed by atoms with Crippen molar-refractivity contribution in [3.8, 4) is 0 Å². The van der Waals surface area contributed by atoms with Gasteiger partial charge in [-0.2, -0.15) is 0 Å². The maximum absolute atomic E-state index is 9.77. The van der Waals surface area contributed by atoms with Crippen molar-refractivity contribution in [2.45, 2.75) is 82.4 Å². The number of hydrogen-bond acceptors (Lipinski definition) is 8. The molecule has 0 saturated carbocycles. The van der Waals surface area contributed by atoms with Crippen molar-refractivity contribution in [3.05, 3.63) is 0 Å². The van der Waals surface area contributed by atoms with Gasteiger partial charge in [-0.25, -0.2) is 0 Å². The zero-order valence-corrected chi connectivity index (χ0v) is 13.6. The van der Waals surface area contributed by atoms with E-state index in [0.717, 1.165) is 12.8 Å². The number of ether oxygens (including phenoxy) is 3. The lowest BCUT2D eigenvalue weighted by molar-refractivity contribution is -0.330. The number of unbranched alkanes of at least 4 members (excludes halogenated alkanes) is 5. The summed E-state index contributed by atoms with van der Waals surface area (Å²) in [6.07, 6.45) is -2.72. The molecule has 2 unspecified atom stereocenters. The molecule has 0 aromatic heterocycles. The normalized spacial score (nSPS) is 32.9. The van der Waals surface area contributed by atoms with Crippen molar-refractivity contribution in [2.75, 3.05) is 13.4 Å². The van der Waals surface area contributed by atoms with E-state index in [4.69, 9.17) is 14.2 Å². The van der Waals surface area contributed by atoms with Gasteiger partial charge in [-0.1, -0.05) is 39.0 Å². The second-order valence-electron chi connectivity index (χ2n) is 5.81. The summed E-state index contributed by atoms with van der Waals surface area (Å²) >= 11 is 0. The van der Waals surface area contributed by atoms with Crippen LogP contribution in [0.3, 0.4) is 0 Å². The Bertz CT molecular complexity index is 303. The molecule has 0 aromatic carbocycles. The Morgan fingerprint density at radius 1 is 0.913 bits per heavy atom. The first-order valence-corrected chi connectivity index (χ1v) is 8.24. The highest BCUT2D eigenvalue weighted by molar-refractivity contribution is 4.89. The van der Waals surface area contributed by atoms with Crippen LogP contribution in [0.15, 0.2) is 0 Å². The summed E-state index contributed by atoms with van der Waals surface area (Å²) in [4.78, 5) is 0. The number of rotatable bonds is 11. The van der Waals surface area contributed by atoms with Crippen LogP contribution in [0, 0.1) is 0 Å². The van der Waals surface area contributed by atoms with Crippen molar-refractivity contribution < 1.29 is 39.7 Å². The van der Waals surface area contributed by atoms with Crippen molar-refractivity contribution in [1.82, 2.24) is 0 Å². The predicted molar refractivity (Wildman–Crippen MR) is 80.2 cm³/mol. The fourth-order valence-corrected chi connectivity index (χ4v) is 2.38. The number of aliphatic hydroxyl groups excluding tert-OH is 5. The molecule has 1 aliphatic rings. The standard InChI is InChI=1S/C15H30O8/c1-2-3-4-5-6-7-8-21-9-22-15(20)13-11(17)10(16)12(18)14(19)23-13/h10-20H,2-9H2,1H3/t10-,11-,12+,13-,14?,15?/m0/s1. The molecule has 1 fully saturated rings. The average Bonchev–Trinajstić information content (AvgIpc) is 2.54. The largest absolute Gasteiger partial charge is 0.387 e. The minimum absolute atomic E-state index is 0.197. The highest BCUT2D eigenvalue weighted by atomic mass is 16.7. The maximum atomic E-state index is 9.77. The van der Waals surface area contributed by atoms with E-state index in [1.165, 1.54) is 25.7 Å². The average molecular weight is 338 g/mol. The van der Waals surface area contributed by atoms with E-state index in [1.807, 2.05) is 0 Å². The third-order valence-corrected chi connectivity index (χ3v) is 3.87. The molecule has 0 bridgehead atoms. The van der Waals surface area contributed by atoms with E-state index in [2.05, 4.69) is 6.92 Å². The molecule has 0 amide bonds. The highest BCUT2D eigenvalue weighted by Gasteiger charge is 2.46. The van der Waals surface area contributed by atoms with Crippen LogP contribution in [-0.2, 0) is 14.2 Å². The maximum Gasteiger partial charge on any atom is 0.186 e. The van der Waals surface area contributed by atoms with Gasteiger partial charge in [-0.3, -0.25) is 0 Å². The van der Waals surface area contributed by atoms with E-state index >= 15 is 0 Å². The second-order valence-corrected chi connectivity index (χ2v) is 5.81. The van der Waals surface area contributed by atoms with Crippen LogP contribution in [0.4, 0.5) is 0 Å². The van der Waals surface area contributed by atoms with Gasteiger partial charge in [-0.05, 0) is 6.42 Å². The molecule has 8 nitrogen and oxygen atoms in total. The molecule has 1 aliphatic heterocycles. The van der Waals surface area contributed by atoms with E-state index in [9.17, 15) is 25.5 Å². The summed E-state index contributed by atoms with van der Waals surface area (Å²) in [5.74, 6) is 0. The van der Waals surface area contributed by atoms with Crippen molar-refractivity contribution in [2.24, 2.45) is 0 Å². The summed E-state index contributed by atoms with van der Waals surface area (Å²) < 4.78 is 15.0. The zero-order chi connectivity index (χ0) is 17.2. The van der Waals surface area contributed by atoms with Crippen LogP contribution >= 0.6 is 0 Å². The first-order valence-electron chi connectivity index (χ1n) is 8.24. The summed E-state index contributed by atoms with van der Waals surface area (Å²) in [6, 6.07) is 0. The molecule has 6 atom stereocenters. The van der Waals surface area contributed by atoms with Gasteiger partial charge in [0.25, 0.3) is 0 Å². The molecular weight excluding hydrogens is 308 g/mol. The van der Waals surface area contributed by atoms with Crippen LogP contribution in [0.25, 0.3) is 0 Å². The molecule has 0 aromatic rings.